The number of rotatable bonds is 4. The first kappa shape index (κ1) is 15.1. The fraction of sp³-hybridized carbons (Fsp3) is 0.0833. The second-order valence-electron chi connectivity index (χ2n) is 4.55. The molecule has 8 nitrogen and oxygen atoms in total. The molecule has 0 aliphatic carbocycles. The third-order valence-corrected chi connectivity index (χ3v) is 3.70. The van der Waals surface area contributed by atoms with E-state index in [2.05, 4.69) is 15.1 Å². The maximum atomic E-state index is 13.5. The van der Waals surface area contributed by atoms with Crippen molar-refractivity contribution in [2.24, 2.45) is 0 Å². The van der Waals surface area contributed by atoms with Crippen LogP contribution in [0.25, 0.3) is 5.78 Å². The molecule has 0 fully saturated rings. The smallest absolute Gasteiger partial charge is 0.261 e. The number of halogens is 2. The zero-order valence-corrected chi connectivity index (χ0v) is 12.5. The summed E-state index contributed by atoms with van der Waals surface area (Å²) in [4.78, 5) is 7.92. The molecule has 2 aromatic heterocycles. The molecule has 0 aliphatic heterocycles. The highest BCUT2D eigenvalue weighted by atomic mass is 32.2. The van der Waals surface area contributed by atoms with E-state index in [1.54, 1.807) is 23.9 Å². The lowest BCUT2D eigenvalue weighted by atomic mass is 10.3. The summed E-state index contributed by atoms with van der Waals surface area (Å²) in [5.41, 5.74) is -0.122. The first-order chi connectivity index (χ1) is 10.8. The van der Waals surface area contributed by atoms with Gasteiger partial charge < -0.3 is 0 Å². The SMILES string of the molecule is Cc1ccn2nc(NS(=O)(=O)Nc3c(F)cccc3F)nc2n1. The Morgan fingerprint density at radius 2 is 1.78 bits per heavy atom. The Hall–Kier alpha value is -2.82. The van der Waals surface area contributed by atoms with Gasteiger partial charge in [-0.2, -0.15) is 13.4 Å². The van der Waals surface area contributed by atoms with Crippen molar-refractivity contribution in [3.8, 4) is 0 Å². The van der Waals surface area contributed by atoms with Gasteiger partial charge in [-0.05, 0) is 25.1 Å². The Labute approximate surface area is 129 Å². The maximum Gasteiger partial charge on any atom is 0.324 e. The molecule has 3 aromatic rings. The molecule has 0 amide bonds. The van der Waals surface area contributed by atoms with E-state index in [0.717, 1.165) is 18.2 Å². The summed E-state index contributed by atoms with van der Waals surface area (Å²) < 4.78 is 55.9. The minimum absolute atomic E-state index is 0.180. The average Bonchev–Trinajstić information content (AvgIpc) is 2.83. The second-order valence-corrected chi connectivity index (χ2v) is 5.97. The lowest BCUT2D eigenvalue weighted by molar-refractivity contribution is 0.584. The van der Waals surface area contributed by atoms with Gasteiger partial charge in [-0.3, -0.25) is 4.72 Å². The van der Waals surface area contributed by atoms with Crippen molar-refractivity contribution in [1.82, 2.24) is 19.6 Å². The van der Waals surface area contributed by atoms with Crippen LogP contribution in [0.15, 0.2) is 30.5 Å². The molecular weight excluding hydrogens is 330 g/mol. The summed E-state index contributed by atoms with van der Waals surface area (Å²) in [6.45, 7) is 1.74. The number of nitrogens with zero attached hydrogens (tertiary/aromatic N) is 4. The van der Waals surface area contributed by atoms with E-state index in [4.69, 9.17) is 0 Å². The van der Waals surface area contributed by atoms with Gasteiger partial charge >= 0.3 is 10.2 Å². The van der Waals surface area contributed by atoms with Crippen molar-refractivity contribution >= 4 is 27.6 Å². The number of aryl methyl sites for hydroxylation is 1. The van der Waals surface area contributed by atoms with E-state index in [9.17, 15) is 17.2 Å². The summed E-state index contributed by atoms with van der Waals surface area (Å²) in [5, 5.41) is 3.85. The molecule has 11 heteroatoms. The van der Waals surface area contributed by atoms with Crippen molar-refractivity contribution in [2.75, 3.05) is 9.44 Å². The molecule has 3 rings (SSSR count). The van der Waals surface area contributed by atoms with E-state index in [1.165, 1.54) is 4.52 Å². The number of fused-ring (bicyclic) bond motifs is 1. The molecule has 0 unspecified atom stereocenters. The van der Waals surface area contributed by atoms with E-state index in [-0.39, 0.29) is 11.7 Å². The normalized spacial score (nSPS) is 11.6. The highest BCUT2D eigenvalue weighted by Crippen LogP contribution is 2.19. The monoisotopic (exact) mass is 340 g/mol. The Kier molecular flexibility index (Phi) is 3.56. The van der Waals surface area contributed by atoms with Crippen molar-refractivity contribution in [3.05, 3.63) is 47.8 Å². The summed E-state index contributed by atoms with van der Waals surface area (Å²) in [6, 6.07) is 4.63. The van der Waals surface area contributed by atoms with Gasteiger partial charge in [0.25, 0.3) is 11.7 Å². The van der Waals surface area contributed by atoms with Crippen molar-refractivity contribution in [3.63, 3.8) is 0 Å². The van der Waals surface area contributed by atoms with Gasteiger partial charge in [0.1, 0.15) is 17.3 Å². The van der Waals surface area contributed by atoms with Gasteiger partial charge in [-0.1, -0.05) is 6.07 Å². The van der Waals surface area contributed by atoms with Crippen molar-refractivity contribution in [2.45, 2.75) is 6.92 Å². The van der Waals surface area contributed by atoms with Crippen LogP contribution < -0.4 is 9.44 Å². The fourth-order valence-electron chi connectivity index (χ4n) is 1.78. The highest BCUT2D eigenvalue weighted by molar-refractivity contribution is 7.94. The second kappa shape index (κ2) is 5.43. The standard InChI is InChI=1S/C12H10F2N6O2S/c1-7-5-6-20-12(15-7)16-11(17-20)19-23(21,22)18-10-8(13)3-2-4-9(10)14/h2-6,18H,1H3,(H,17,19). The molecule has 0 saturated heterocycles. The summed E-state index contributed by atoms with van der Waals surface area (Å²) in [6.07, 6.45) is 1.55. The lowest BCUT2D eigenvalue weighted by Gasteiger charge is -2.09. The summed E-state index contributed by atoms with van der Waals surface area (Å²) in [7, 11) is -4.34. The zero-order chi connectivity index (χ0) is 16.6. The number of para-hydroxylation sites is 1. The number of aromatic nitrogens is 4. The quantitative estimate of drug-likeness (QED) is 0.749. The number of anilines is 2. The fourth-order valence-corrected chi connectivity index (χ4v) is 2.62. The average molecular weight is 340 g/mol. The molecule has 0 atom stereocenters. The molecule has 0 radical (unpaired) electrons. The van der Waals surface area contributed by atoms with Crippen molar-refractivity contribution < 1.29 is 17.2 Å². The van der Waals surface area contributed by atoms with Crippen LogP contribution in [-0.4, -0.2) is 28.0 Å². The predicted molar refractivity (Wildman–Crippen MR) is 78.0 cm³/mol. The molecule has 23 heavy (non-hydrogen) atoms. The van der Waals surface area contributed by atoms with Crippen LogP contribution in [0.3, 0.4) is 0 Å². The maximum absolute atomic E-state index is 13.5. The van der Waals surface area contributed by atoms with Gasteiger partial charge in [0, 0.05) is 11.9 Å². The number of hydrogen-bond acceptors (Lipinski definition) is 5. The number of benzene rings is 1. The molecule has 2 heterocycles. The molecular formula is C12H10F2N6O2S. The third kappa shape index (κ3) is 3.18. The van der Waals surface area contributed by atoms with Crippen LogP contribution >= 0.6 is 0 Å². The molecule has 0 saturated carbocycles. The molecule has 0 bridgehead atoms. The van der Waals surface area contributed by atoms with Crippen LogP contribution in [0.5, 0.6) is 0 Å². The highest BCUT2D eigenvalue weighted by Gasteiger charge is 2.18. The first-order valence-electron chi connectivity index (χ1n) is 6.29. The molecule has 1 aromatic carbocycles. The molecule has 120 valence electrons. The predicted octanol–water partition coefficient (Wildman–Crippen LogP) is 1.48. The van der Waals surface area contributed by atoms with E-state index >= 15 is 0 Å². The van der Waals surface area contributed by atoms with Crippen LogP contribution in [0.4, 0.5) is 20.4 Å². The van der Waals surface area contributed by atoms with Gasteiger partial charge in [-0.25, -0.2) is 23.0 Å². The molecule has 0 aliphatic rings. The van der Waals surface area contributed by atoms with E-state index in [1.807, 2.05) is 4.72 Å². The van der Waals surface area contributed by atoms with E-state index in [0.29, 0.717) is 5.69 Å². The van der Waals surface area contributed by atoms with Crippen molar-refractivity contribution in [1.29, 1.82) is 0 Å². The van der Waals surface area contributed by atoms with Gasteiger partial charge in [-0.15, -0.1) is 5.10 Å². The minimum Gasteiger partial charge on any atom is -0.261 e. The Morgan fingerprint density at radius 3 is 2.48 bits per heavy atom. The van der Waals surface area contributed by atoms with Crippen LogP contribution in [0.1, 0.15) is 5.69 Å². The topological polar surface area (TPSA) is 101 Å². The Morgan fingerprint density at radius 1 is 1.09 bits per heavy atom. The van der Waals surface area contributed by atoms with E-state index < -0.39 is 27.5 Å². The molecule has 0 spiro atoms. The van der Waals surface area contributed by atoms with Gasteiger partial charge in [0.15, 0.2) is 0 Å². The van der Waals surface area contributed by atoms with Crippen LogP contribution in [0.2, 0.25) is 0 Å². The third-order valence-electron chi connectivity index (χ3n) is 2.77. The largest absolute Gasteiger partial charge is 0.324 e. The first-order valence-corrected chi connectivity index (χ1v) is 7.77. The summed E-state index contributed by atoms with van der Waals surface area (Å²) in [5.74, 6) is -2.20. The molecule has 2 N–H and O–H groups in total. The van der Waals surface area contributed by atoms with Crippen LogP contribution in [-0.2, 0) is 10.2 Å². The number of hydrogen-bond donors (Lipinski definition) is 2. The zero-order valence-electron chi connectivity index (χ0n) is 11.7. The lowest BCUT2D eigenvalue weighted by Crippen LogP contribution is -2.23. The Bertz CT molecular complexity index is 968. The Balaban J connectivity index is 1.88. The van der Waals surface area contributed by atoms with Gasteiger partial charge in [0.2, 0.25) is 0 Å². The van der Waals surface area contributed by atoms with Crippen LogP contribution in [0, 0.1) is 18.6 Å². The van der Waals surface area contributed by atoms with Gasteiger partial charge in [0.05, 0.1) is 0 Å². The minimum atomic E-state index is -4.34. The number of nitrogens with one attached hydrogen (secondary N) is 2. The summed E-state index contributed by atoms with van der Waals surface area (Å²) >= 11 is 0.